The quantitative estimate of drug-likeness (QED) is 0.677. The number of aromatic nitrogens is 4. The van der Waals surface area contributed by atoms with Gasteiger partial charge in [-0.25, -0.2) is 0 Å². The fourth-order valence-corrected chi connectivity index (χ4v) is 3.65. The van der Waals surface area contributed by atoms with Gasteiger partial charge in [0.25, 0.3) is 5.89 Å². The Morgan fingerprint density at radius 1 is 1.32 bits per heavy atom. The SMILES string of the molecule is COc1cccc(CC(=O)N2Cc3c(-c4nc(C5CC5)no4)nn(C)c3C2)c1. The number of amides is 1. The van der Waals surface area contributed by atoms with Gasteiger partial charge in [-0.05, 0) is 30.5 Å². The minimum Gasteiger partial charge on any atom is -0.497 e. The molecule has 0 atom stereocenters. The van der Waals surface area contributed by atoms with Crippen molar-refractivity contribution in [2.24, 2.45) is 7.05 Å². The van der Waals surface area contributed by atoms with Gasteiger partial charge in [0, 0.05) is 18.5 Å². The number of methoxy groups -OCH3 is 1. The number of carbonyl (C=O) groups excluding carboxylic acids is 1. The first-order valence-corrected chi connectivity index (χ1v) is 9.42. The zero-order valence-electron chi connectivity index (χ0n) is 15.9. The van der Waals surface area contributed by atoms with Gasteiger partial charge in [-0.3, -0.25) is 9.48 Å². The van der Waals surface area contributed by atoms with Gasteiger partial charge in [-0.15, -0.1) is 0 Å². The predicted octanol–water partition coefficient (Wildman–Crippen LogP) is 2.44. The molecule has 3 aromatic rings. The molecule has 1 amide bonds. The summed E-state index contributed by atoms with van der Waals surface area (Å²) in [5.41, 5.74) is 3.63. The van der Waals surface area contributed by atoms with E-state index in [0.29, 0.717) is 37.0 Å². The van der Waals surface area contributed by atoms with E-state index in [-0.39, 0.29) is 5.91 Å². The van der Waals surface area contributed by atoms with Crippen LogP contribution in [-0.2, 0) is 31.4 Å². The van der Waals surface area contributed by atoms with E-state index < -0.39 is 0 Å². The molecule has 0 spiro atoms. The molecule has 5 rings (SSSR count). The largest absolute Gasteiger partial charge is 0.497 e. The molecule has 28 heavy (non-hydrogen) atoms. The van der Waals surface area contributed by atoms with Crippen LogP contribution in [0.3, 0.4) is 0 Å². The molecule has 1 fully saturated rings. The lowest BCUT2D eigenvalue weighted by atomic mass is 10.1. The summed E-state index contributed by atoms with van der Waals surface area (Å²) in [6, 6.07) is 7.60. The van der Waals surface area contributed by atoms with Crippen LogP contribution in [0.15, 0.2) is 28.8 Å². The normalized spacial score (nSPS) is 15.7. The molecule has 0 N–H and O–H groups in total. The molecule has 0 saturated heterocycles. The smallest absolute Gasteiger partial charge is 0.278 e. The van der Waals surface area contributed by atoms with E-state index in [1.165, 1.54) is 0 Å². The van der Waals surface area contributed by atoms with Crippen molar-refractivity contribution in [1.82, 2.24) is 24.8 Å². The third-order valence-electron chi connectivity index (χ3n) is 5.39. The van der Waals surface area contributed by atoms with E-state index in [9.17, 15) is 4.79 Å². The summed E-state index contributed by atoms with van der Waals surface area (Å²) in [6.45, 7) is 1.04. The lowest BCUT2D eigenvalue weighted by Crippen LogP contribution is -2.27. The molecule has 3 heterocycles. The number of nitrogens with zero attached hydrogens (tertiary/aromatic N) is 5. The minimum atomic E-state index is 0.0691. The molecule has 0 radical (unpaired) electrons. The summed E-state index contributed by atoms with van der Waals surface area (Å²) in [6.07, 6.45) is 2.57. The first-order valence-electron chi connectivity index (χ1n) is 9.42. The lowest BCUT2D eigenvalue weighted by molar-refractivity contribution is -0.131. The average molecular weight is 379 g/mol. The van der Waals surface area contributed by atoms with Gasteiger partial charge < -0.3 is 14.2 Å². The summed E-state index contributed by atoms with van der Waals surface area (Å²) in [4.78, 5) is 19.2. The molecule has 2 aliphatic rings. The molecule has 1 aromatic carbocycles. The van der Waals surface area contributed by atoms with Crippen molar-refractivity contribution in [3.8, 4) is 17.3 Å². The summed E-state index contributed by atoms with van der Waals surface area (Å²) >= 11 is 0. The van der Waals surface area contributed by atoms with Crippen LogP contribution in [0.5, 0.6) is 5.75 Å². The maximum absolute atomic E-state index is 12.8. The topological polar surface area (TPSA) is 86.3 Å². The van der Waals surface area contributed by atoms with Crippen LogP contribution in [0.1, 0.15) is 41.4 Å². The highest BCUT2D eigenvalue weighted by Crippen LogP contribution is 2.39. The Morgan fingerprint density at radius 2 is 2.18 bits per heavy atom. The Labute approximate surface area is 162 Å². The van der Waals surface area contributed by atoms with E-state index in [4.69, 9.17) is 9.26 Å². The number of ether oxygens (including phenoxy) is 1. The molecule has 8 heteroatoms. The maximum Gasteiger partial charge on any atom is 0.278 e. The maximum atomic E-state index is 12.8. The lowest BCUT2D eigenvalue weighted by Gasteiger charge is -2.16. The zero-order valence-corrected chi connectivity index (χ0v) is 15.9. The molecule has 0 bridgehead atoms. The van der Waals surface area contributed by atoms with E-state index in [0.717, 1.165) is 41.2 Å². The van der Waals surface area contributed by atoms with Crippen molar-refractivity contribution in [2.45, 2.75) is 38.3 Å². The van der Waals surface area contributed by atoms with E-state index in [1.54, 1.807) is 7.11 Å². The van der Waals surface area contributed by atoms with Crippen molar-refractivity contribution in [3.63, 3.8) is 0 Å². The van der Waals surface area contributed by atoms with Crippen LogP contribution >= 0.6 is 0 Å². The summed E-state index contributed by atoms with van der Waals surface area (Å²) in [5.74, 6) is 2.46. The molecular weight excluding hydrogens is 358 g/mol. The second-order valence-electron chi connectivity index (χ2n) is 7.41. The third-order valence-corrected chi connectivity index (χ3v) is 5.39. The second-order valence-corrected chi connectivity index (χ2v) is 7.41. The van der Waals surface area contributed by atoms with Crippen molar-refractivity contribution in [1.29, 1.82) is 0 Å². The van der Waals surface area contributed by atoms with Crippen molar-refractivity contribution < 1.29 is 14.1 Å². The first-order chi connectivity index (χ1) is 13.6. The minimum absolute atomic E-state index is 0.0691. The van der Waals surface area contributed by atoms with Gasteiger partial charge in [0.2, 0.25) is 5.91 Å². The summed E-state index contributed by atoms with van der Waals surface area (Å²) in [7, 11) is 3.51. The number of hydrogen-bond donors (Lipinski definition) is 0. The van der Waals surface area contributed by atoms with Gasteiger partial charge in [0.1, 0.15) is 5.75 Å². The van der Waals surface area contributed by atoms with Crippen LogP contribution < -0.4 is 4.74 Å². The fourth-order valence-electron chi connectivity index (χ4n) is 3.65. The molecular formula is C20H21N5O3. The van der Waals surface area contributed by atoms with Crippen molar-refractivity contribution in [2.75, 3.05) is 7.11 Å². The van der Waals surface area contributed by atoms with Gasteiger partial charge in [0.15, 0.2) is 11.5 Å². The van der Waals surface area contributed by atoms with Crippen LogP contribution in [0, 0.1) is 0 Å². The highest BCUT2D eigenvalue weighted by molar-refractivity contribution is 5.80. The first kappa shape index (κ1) is 17.0. The zero-order chi connectivity index (χ0) is 19.3. The van der Waals surface area contributed by atoms with Gasteiger partial charge in [-0.1, -0.05) is 17.3 Å². The summed E-state index contributed by atoms with van der Waals surface area (Å²) < 4.78 is 12.5. The Hall–Kier alpha value is -3.16. The highest BCUT2D eigenvalue weighted by Gasteiger charge is 2.34. The van der Waals surface area contributed by atoms with Crippen molar-refractivity contribution in [3.05, 3.63) is 46.9 Å². The molecule has 144 valence electrons. The predicted molar refractivity (Wildman–Crippen MR) is 99.4 cm³/mol. The monoisotopic (exact) mass is 379 g/mol. The number of benzene rings is 1. The number of carbonyl (C=O) groups is 1. The molecule has 2 aromatic heterocycles. The second kappa shape index (κ2) is 6.47. The molecule has 0 unspecified atom stereocenters. The Morgan fingerprint density at radius 3 is 2.96 bits per heavy atom. The van der Waals surface area contributed by atoms with Gasteiger partial charge in [-0.2, -0.15) is 10.1 Å². The Balaban J connectivity index is 1.35. The van der Waals surface area contributed by atoms with E-state index >= 15 is 0 Å². The van der Waals surface area contributed by atoms with Crippen LogP contribution in [0.2, 0.25) is 0 Å². The Bertz CT molecular complexity index is 1050. The molecule has 1 saturated carbocycles. The highest BCUT2D eigenvalue weighted by atomic mass is 16.5. The van der Waals surface area contributed by atoms with Crippen LogP contribution in [0.25, 0.3) is 11.6 Å². The molecule has 8 nitrogen and oxygen atoms in total. The number of aryl methyl sites for hydroxylation is 1. The third kappa shape index (κ3) is 2.94. The van der Waals surface area contributed by atoms with Crippen molar-refractivity contribution >= 4 is 5.91 Å². The van der Waals surface area contributed by atoms with Gasteiger partial charge in [0.05, 0.1) is 32.3 Å². The molecule has 1 aliphatic heterocycles. The Kier molecular flexibility index (Phi) is 3.92. The van der Waals surface area contributed by atoms with E-state index in [1.807, 2.05) is 40.9 Å². The fraction of sp³-hybridized carbons (Fsp3) is 0.400. The van der Waals surface area contributed by atoms with Crippen LogP contribution in [0.4, 0.5) is 0 Å². The van der Waals surface area contributed by atoms with Crippen LogP contribution in [-0.4, -0.2) is 37.8 Å². The van der Waals surface area contributed by atoms with Gasteiger partial charge >= 0.3 is 0 Å². The molecule has 1 aliphatic carbocycles. The number of fused-ring (bicyclic) bond motifs is 1. The number of rotatable bonds is 5. The van der Waals surface area contributed by atoms with E-state index in [2.05, 4.69) is 15.2 Å². The standard InChI is InChI=1S/C20H21N5O3/c1-24-16-11-25(17(26)9-12-4-3-5-14(8-12)27-2)10-15(16)18(22-24)20-21-19(23-28-20)13-6-7-13/h3-5,8,13H,6-7,9-11H2,1-2H3. The average Bonchev–Trinajstić information content (AvgIpc) is 3.14. The number of hydrogen-bond acceptors (Lipinski definition) is 6. The summed E-state index contributed by atoms with van der Waals surface area (Å²) in [5, 5.41) is 8.65.